The number of esters is 1. The molecule has 0 amide bonds. The van der Waals surface area contributed by atoms with Gasteiger partial charge in [0, 0.05) is 5.33 Å². The molecule has 28 heavy (non-hydrogen) atoms. The Labute approximate surface area is 178 Å². The number of ether oxygens (including phenoxy) is 6. The van der Waals surface area contributed by atoms with Gasteiger partial charge in [-0.3, -0.25) is 4.79 Å². The van der Waals surface area contributed by atoms with Gasteiger partial charge in [0.25, 0.3) is 0 Å². The molecule has 0 fully saturated rings. The van der Waals surface area contributed by atoms with Gasteiger partial charge < -0.3 is 28.4 Å². The Hall–Kier alpha value is -0.250. The van der Waals surface area contributed by atoms with Crippen molar-refractivity contribution in [1.29, 1.82) is 0 Å². The van der Waals surface area contributed by atoms with Crippen LogP contribution in [0.2, 0.25) is 0 Å². The summed E-state index contributed by atoms with van der Waals surface area (Å²) in [4.78, 5) is 11.9. The molecule has 7 nitrogen and oxygen atoms in total. The van der Waals surface area contributed by atoms with Crippen molar-refractivity contribution < 1.29 is 33.2 Å². The average molecular weight is 471 g/mol. The summed E-state index contributed by atoms with van der Waals surface area (Å²) in [5.74, 6) is -0.0929. The molecule has 0 saturated heterocycles. The predicted octanol–water partition coefficient (Wildman–Crippen LogP) is 3.22. The lowest BCUT2D eigenvalue weighted by Crippen LogP contribution is -2.20. The van der Waals surface area contributed by atoms with E-state index in [1.165, 1.54) is 0 Å². The summed E-state index contributed by atoms with van der Waals surface area (Å²) in [5.41, 5.74) is 0. The van der Waals surface area contributed by atoms with E-state index < -0.39 is 0 Å². The molecule has 1 unspecified atom stereocenters. The molecule has 168 valence electrons. The Bertz CT molecular complexity index is 332. The monoisotopic (exact) mass is 470 g/mol. The lowest BCUT2D eigenvalue weighted by Gasteiger charge is -2.13. The maximum Gasteiger partial charge on any atom is 0.308 e. The molecule has 0 aliphatic rings. The number of halogens is 1. The third kappa shape index (κ3) is 19.1. The van der Waals surface area contributed by atoms with E-state index in [1.807, 2.05) is 6.92 Å². The Morgan fingerprint density at radius 3 is 1.54 bits per heavy atom. The van der Waals surface area contributed by atoms with Crippen molar-refractivity contribution in [3.05, 3.63) is 0 Å². The molecule has 0 heterocycles. The standard InChI is InChI=1S/C20H39BrO7/c1-3-5-6-19(4-2)20(22)28-18-17-27-16-15-26-14-13-25-12-11-24-10-9-23-8-7-21/h19H,3-18H2,1-2H3. The average Bonchev–Trinajstić information content (AvgIpc) is 2.70. The first-order chi connectivity index (χ1) is 13.8. The fourth-order valence-electron chi connectivity index (χ4n) is 2.29. The Balaban J connectivity index is 3.24. The van der Waals surface area contributed by atoms with Crippen LogP contribution in [0.4, 0.5) is 0 Å². The zero-order chi connectivity index (χ0) is 20.7. The van der Waals surface area contributed by atoms with E-state index in [1.54, 1.807) is 0 Å². The van der Waals surface area contributed by atoms with E-state index in [2.05, 4.69) is 22.9 Å². The first-order valence-electron chi connectivity index (χ1n) is 10.4. The summed E-state index contributed by atoms with van der Waals surface area (Å²) in [7, 11) is 0. The van der Waals surface area contributed by atoms with Crippen LogP contribution in [-0.4, -0.2) is 84.0 Å². The Morgan fingerprint density at radius 2 is 1.14 bits per heavy atom. The molecule has 0 saturated carbocycles. The zero-order valence-electron chi connectivity index (χ0n) is 17.6. The van der Waals surface area contributed by atoms with Crippen LogP contribution < -0.4 is 0 Å². The topological polar surface area (TPSA) is 72.5 Å². The smallest absolute Gasteiger partial charge is 0.308 e. The number of carbonyl (C=O) groups excluding carboxylic acids is 1. The van der Waals surface area contributed by atoms with Crippen LogP contribution in [0.15, 0.2) is 0 Å². The van der Waals surface area contributed by atoms with Gasteiger partial charge in [-0.25, -0.2) is 0 Å². The minimum absolute atomic E-state index is 0.0150. The second kappa shape index (κ2) is 23.0. The number of carbonyl (C=O) groups is 1. The maximum absolute atomic E-state index is 11.9. The minimum Gasteiger partial charge on any atom is -0.463 e. The van der Waals surface area contributed by atoms with E-state index in [0.29, 0.717) is 72.7 Å². The molecule has 0 aromatic carbocycles. The SMILES string of the molecule is CCCCC(CC)C(=O)OCCOCCOCCOCCOCCOCCBr. The summed E-state index contributed by atoms with van der Waals surface area (Å²) in [6.07, 6.45) is 3.89. The second-order valence-corrected chi connectivity index (χ2v) is 6.96. The van der Waals surface area contributed by atoms with Gasteiger partial charge >= 0.3 is 5.97 Å². The third-order valence-corrected chi connectivity index (χ3v) is 4.24. The largest absolute Gasteiger partial charge is 0.463 e. The van der Waals surface area contributed by atoms with Gasteiger partial charge in [0.2, 0.25) is 0 Å². The molecule has 0 radical (unpaired) electrons. The van der Waals surface area contributed by atoms with E-state index >= 15 is 0 Å². The Morgan fingerprint density at radius 1 is 0.714 bits per heavy atom. The molecule has 0 aromatic heterocycles. The number of hydrogen-bond donors (Lipinski definition) is 0. The van der Waals surface area contributed by atoms with Gasteiger partial charge in [-0.15, -0.1) is 0 Å². The van der Waals surface area contributed by atoms with E-state index in [4.69, 9.17) is 28.4 Å². The first kappa shape index (κ1) is 27.8. The van der Waals surface area contributed by atoms with Gasteiger partial charge in [0.15, 0.2) is 0 Å². The molecule has 1 atom stereocenters. The van der Waals surface area contributed by atoms with E-state index in [9.17, 15) is 4.79 Å². The fourth-order valence-corrected chi connectivity index (χ4v) is 2.52. The van der Waals surface area contributed by atoms with Crippen molar-refractivity contribution in [1.82, 2.24) is 0 Å². The highest BCUT2D eigenvalue weighted by Crippen LogP contribution is 2.14. The summed E-state index contributed by atoms with van der Waals surface area (Å²) >= 11 is 3.29. The summed E-state index contributed by atoms with van der Waals surface area (Å²) < 4.78 is 32.1. The van der Waals surface area contributed by atoms with Crippen LogP contribution in [0.3, 0.4) is 0 Å². The van der Waals surface area contributed by atoms with Crippen LogP contribution in [0.25, 0.3) is 0 Å². The molecule has 0 rings (SSSR count). The summed E-state index contributed by atoms with van der Waals surface area (Å²) in [6.45, 7) is 9.83. The molecule has 0 N–H and O–H groups in total. The van der Waals surface area contributed by atoms with Crippen molar-refractivity contribution in [3.8, 4) is 0 Å². The van der Waals surface area contributed by atoms with Crippen molar-refractivity contribution in [2.45, 2.75) is 39.5 Å². The Kier molecular flexibility index (Phi) is 22.8. The van der Waals surface area contributed by atoms with Crippen LogP contribution in [0, 0.1) is 5.92 Å². The van der Waals surface area contributed by atoms with Gasteiger partial charge in [-0.2, -0.15) is 0 Å². The van der Waals surface area contributed by atoms with Crippen LogP contribution in [0.5, 0.6) is 0 Å². The molecule has 0 aromatic rings. The predicted molar refractivity (Wildman–Crippen MR) is 112 cm³/mol. The molecule has 0 bridgehead atoms. The van der Waals surface area contributed by atoms with Gasteiger partial charge in [0.05, 0.1) is 72.0 Å². The highest BCUT2D eigenvalue weighted by molar-refractivity contribution is 9.09. The van der Waals surface area contributed by atoms with Crippen LogP contribution in [0.1, 0.15) is 39.5 Å². The minimum atomic E-state index is -0.108. The van der Waals surface area contributed by atoms with Crippen molar-refractivity contribution in [3.63, 3.8) is 0 Å². The highest BCUT2D eigenvalue weighted by Gasteiger charge is 2.16. The molecular formula is C20H39BrO7. The lowest BCUT2D eigenvalue weighted by molar-refractivity contribution is -0.150. The number of hydrogen-bond acceptors (Lipinski definition) is 7. The molecule has 0 aliphatic carbocycles. The number of rotatable bonds is 22. The number of alkyl halides is 1. The first-order valence-corrected chi connectivity index (χ1v) is 11.5. The quantitative estimate of drug-likeness (QED) is 0.136. The van der Waals surface area contributed by atoms with Gasteiger partial charge in [0.1, 0.15) is 6.61 Å². The second-order valence-electron chi connectivity index (χ2n) is 6.17. The van der Waals surface area contributed by atoms with E-state index in [-0.39, 0.29) is 11.9 Å². The molecule has 8 heteroatoms. The maximum atomic E-state index is 11.9. The summed E-state index contributed by atoms with van der Waals surface area (Å²) in [5, 5.41) is 0.840. The lowest BCUT2D eigenvalue weighted by atomic mass is 10.00. The molecule has 0 aliphatic heterocycles. The van der Waals surface area contributed by atoms with Gasteiger partial charge in [-0.1, -0.05) is 42.6 Å². The fraction of sp³-hybridized carbons (Fsp3) is 0.950. The van der Waals surface area contributed by atoms with Crippen LogP contribution in [-0.2, 0) is 33.2 Å². The normalized spacial score (nSPS) is 12.2. The van der Waals surface area contributed by atoms with Crippen molar-refractivity contribution in [2.24, 2.45) is 5.92 Å². The highest BCUT2D eigenvalue weighted by atomic mass is 79.9. The third-order valence-electron chi connectivity index (χ3n) is 3.91. The van der Waals surface area contributed by atoms with Gasteiger partial charge in [-0.05, 0) is 12.8 Å². The van der Waals surface area contributed by atoms with Crippen LogP contribution >= 0.6 is 15.9 Å². The zero-order valence-corrected chi connectivity index (χ0v) is 19.2. The van der Waals surface area contributed by atoms with E-state index in [0.717, 1.165) is 31.0 Å². The molecule has 0 spiro atoms. The summed E-state index contributed by atoms with van der Waals surface area (Å²) in [6, 6.07) is 0. The molecular weight excluding hydrogens is 432 g/mol. The number of unbranched alkanes of at least 4 members (excludes halogenated alkanes) is 1. The van der Waals surface area contributed by atoms with Crippen molar-refractivity contribution in [2.75, 3.05) is 78.0 Å². The van der Waals surface area contributed by atoms with Crippen molar-refractivity contribution >= 4 is 21.9 Å².